The molecule has 1 aromatic heterocycles. The Morgan fingerprint density at radius 1 is 1.35 bits per heavy atom. The first kappa shape index (κ1) is 18.4. The molecule has 1 amide bonds. The SMILES string of the molecule is CC[C@H](C)NC(=O)C1CCN(c2nc(C)c3ccc(OC)cc3n2)CC1. The number of nitrogens with zero attached hydrogens (tertiary/aromatic N) is 3. The molecule has 6 heteroatoms. The molecule has 140 valence electrons. The highest BCUT2D eigenvalue weighted by Crippen LogP contribution is 2.26. The summed E-state index contributed by atoms with van der Waals surface area (Å²) in [5.41, 5.74) is 1.85. The van der Waals surface area contributed by atoms with Gasteiger partial charge in [0.25, 0.3) is 0 Å². The number of methoxy groups -OCH3 is 1. The first-order chi connectivity index (χ1) is 12.5. The zero-order chi connectivity index (χ0) is 18.7. The molecular formula is C20H28N4O2. The van der Waals surface area contributed by atoms with Crippen molar-refractivity contribution >= 4 is 22.8 Å². The molecule has 26 heavy (non-hydrogen) atoms. The van der Waals surface area contributed by atoms with E-state index in [9.17, 15) is 4.79 Å². The van der Waals surface area contributed by atoms with Gasteiger partial charge in [0.05, 0.1) is 18.3 Å². The summed E-state index contributed by atoms with van der Waals surface area (Å²) in [6.07, 6.45) is 2.62. The highest BCUT2D eigenvalue weighted by molar-refractivity contribution is 5.83. The molecule has 0 bridgehead atoms. The molecule has 0 saturated carbocycles. The number of hydrogen-bond donors (Lipinski definition) is 1. The second-order valence-corrected chi connectivity index (χ2v) is 7.07. The van der Waals surface area contributed by atoms with Crippen LogP contribution in [0.25, 0.3) is 10.9 Å². The Hall–Kier alpha value is -2.37. The predicted molar refractivity (Wildman–Crippen MR) is 104 cm³/mol. The lowest BCUT2D eigenvalue weighted by Crippen LogP contribution is -2.43. The minimum absolute atomic E-state index is 0.0851. The van der Waals surface area contributed by atoms with Gasteiger partial charge in [0, 0.05) is 36.5 Å². The van der Waals surface area contributed by atoms with Crippen LogP contribution < -0.4 is 15.0 Å². The number of carbonyl (C=O) groups is 1. The molecule has 1 fully saturated rings. The Morgan fingerprint density at radius 3 is 2.73 bits per heavy atom. The Morgan fingerprint density at radius 2 is 2.08 bits per heavy atom. The minimum Gasteiger partial charge on any atom is -0.497 e. The van der Waals surface area contributed by atoms with E-state index in [1.807, 2.05) is 32.0 Å². The van der Waals surface area contributed by atoms with E-state index >= 15 is 0 Å². The normalized spacial score (nSPS) is 16.5. The molecule has 1 aliphatic heterocycles. The van der Waals surface area contributed by atoms with Gasteiger partial charge in [-0.1, -0.05) is 6.92 Å². The maximum absolute atomic E-state index is 12.3. The van der Waals surface area contributed by atoms with E-state index in [1.54, 1.807) is 7.11 Å². The van der Waals surface area contributed by atoms with Crippen LogP contribution in [0.15, 0.2) is 18.2 Å². The van der Waals surface area contributed by atoms with Crippen LogP contribution in [0, 0.1) is 12.8 Å². The molecule has 2 aromatic rings. The molecule has 1 atom stereocenters. The van der Waals surface area contributed by atoms with Crippen molar-refractivity contribution in [3.05, 3.63) is 23.9 Å². The molecule has 0 unspecified atom stereocenters. The summed E-state index contributed by atoms with van der Waals surface area (Å²) in [6.45, 7) is 7.74. The quantitative estimate of drug-likeness (QED) is 0.892. The lowest BCUT2D eigenvalue weighted by atomic mass is 9.95. The minimum atomic E-state index is 0.0851. The summed E-state index contributed by atoms with van der Waals surface area (Å²) in [5, 5.41) is 4.14. The zero-order valence-electron chi connectivity index (χ0n) is 16.1. The molecule has 3 rings (SSSR count). The number of ether oxygens (including phenoxy) is 1. The molecule has 1 aromatic carbocycles. The van der Waals surface area contributed by atoms with E-state index in [4.69, 9.17) is 9.72 Å². The second kappa shape index (κ2) is 7.89. The van der Waals surface area contributed by atoms with Crippen LogP contribution in [0.2, 0.25) is 0 Å². The fourth-order valence-corrected chi connectivity index (χ4v) is 3.33. The number of aromatic nitrogens is 2. The fraction of sp³-hybridized carbons (Fsp3) is 0.550. The van der Waals surface area contributed by atoms with Crippen molar-refractivity contribution in [2.75, 3.05) is 25.1 Å². The van der Waals surface area contributed by atoms with E-state index in [-0.39, 0.29) is 17.9 Å². The lowest BCUT2D eigenvalue weighted by Gasteiger charge is -2.32. The molecule has 1 aliphatic rings. The molecular weight excluding hydrogens is 328 g/mol. The van der Waals surface area contributed by atoms with Gasteiger partial charge in [-0.25, -0.2) is 9.97 Å². The number of aryl methyl sites for hydroxylation is 1. The molecule has 0 spiro atoms. The Labute approximate surface area is 155 Å². The van der Waals surface area contributed by atoms with Gasteiger partial charge in [0.15, 0.2) is 0 Å². The van der Waals surface area contributed by atoms with Crippen LogP contribution in [0.5, 0.6) is 5.75 Å². The summed E-state index contributed by atoms with van der Waals surface area (Å²) in [6, 6.07) is 6.11. The van der Waals surface area contributed by atoms with Crippen LogP contribution in [-0.4, -0.2) is 42.1 Å². The Kier molecular flexibility index (Phi) is 5.59. The van der Waals surface area contributed by atoms with E-state index in [0.29, 0.717) is 0 Å². The number of anilines is 1. The van der Waals surface area contributed by atoms with Gasteiger partial charge < -0.3 is 15.0 Å². The maximum atomic E-state index is 12.3. The second-order valence-electron chi connectivity index (χ2n) is 7.07. The van der Waals surface area contributed by atoms with Crippen molar-refractivity contribution in [2.24, 2.45) is 5.92 Å². The Balaban J connectivity index is 1.72. The highest BCUT2D eigenvalue weighted by Gasteiger charge is 2.27. The van der Waals surface area contributed by atoms with Gasteiger partial charge >= 0.3 is 0 Å². The standard InChI is InChI=1S/C20H28N4O2/c1-5-13(2)21-19(25)15-8-10-24(11-9-15)20-22-14(3)17-7-6-16(26-4)12-18(17)23-20/h6-7,12-13,15H,5,8-11H2,1-4H3,(H,21,25)/t13-/m0/s1. The van der Waals surface area contributed by atoms with Crippen molar-refractivity contribution in [2.45, 2.75) is 46.1 Å². The van der Waals surface area contributed by atoms with E-state index in [0.717, 1.165) is 60.6 Å². The van der Waals surface area contributed by atoms with Crippen molar-refractivity contribution in [1.82, 2.24) is 15.3 Å². The molecule has 1 saturated heterocycles. The fourth-order valence-electron chi connectivity index (χ4n) is 3.33. The summed E-state index contributed by atoms with van der Waals surface area (Å²) in [5.74, 6) is 1.80. The first-order valence-corrected chi connectivity index (χ1v) is 9.39. The smallest absolute Gasteiger partial charge is 0.226 e. The van der Waals surface area contributed by atoms with Crippen molar-refractivity contribution < 1.29 is 9.53 Å². The predicted octanol–water partition coefficient (Wildman–Crippen LogP) is 3.08. The monoisotopic (exact) mass is 356 g/mol. The molecule has 0 aliphatic carbocycles. The van der Waals surface area contributed by atoms with Crippen LogP contribution >= 0.6 is 0 Å². The van der Waals surface area contributed by atoms with Crippen LogP contribution in [0.3, 0.4) is 0 Å². The number of benzene rings is 1. The van der Waals surface area contributed by atoms with Crippen LogP contribution in [-0.2, 0) is 4.79 Å². The number of rotatable bonds is 5. The van der Waals surface area contributed by atoms with Gasteiger partial charge in [-0.2, -0.15) is 0 Å². The van der Waals surface area contributed by atoms with E-state index < -0.39 is 0 Å². The van der Waals surface area contributed by atoms with Crippen LogP contribution in [0.4, 0.5) is 5.95 Å². The average molecular weight is 356 g/mol. The number of nitrogens with one attached hydrogen (secondary N) is 1. The number of piperidine rings is 1. The number of amides is 1. The van der Waals surface area contributed by atoms with Gasteiger partial charge in [0.1, 0.15) is 5.75 Å². The summed E-state index contributed by atoms with van der Waals surface area (Å²) in [4.78, 5) is 23.9. The molecule has 2 heterocycles. The third-order valence-electron chi connectivity index (χ3n) is 5.23. The van der Waals surface area contributed by atoms with E-state index in [2.05, 4.69) is 22.1 Å². The Bertz CT molecular complexity index is 785. The molecule has 1 N–H and O–H groups in total. The summed E-state index contributed by atoms with van der Waals surface area (Å²) in [7, 11) is 1.66. The van der Waals surface area contributed by atoms with Gasteiger partial charge in [-0.15, -0.1) is 0 Å². The van der Waals surface area contributed by atoms with Crippen LogP contribution in [0.1, 0.15) is 38.8 Å². The average Bonchev–Trinajstić information content (AvgIpc) is 2.67. The highest BCUT2D eigenvalue weighted by atomic mass is 16.5. The van der Waals surface area contributed by atoms with Gasteiger partial charge in [-0.3, -0.25) is 4.79 Å². The molecule has 6 nitrogen and oxygen atoms in total. The first-order valence-electron chi connectivity index (χ1n) is 9.39. The zero-order valence-corrected chi connectivity index (χ0v) is 16.1. The summed E-state index contributed by atoms with van der Waals surface area (Å²) >= 11 is 0. The lowest BCUT2D eigenvalue weighted by molar-refractivity contribution is -0.126. The van der Waals surface area contributed by atoms with E-state index in [1.165, 1.54) is 0 Å². The third-order valence-corrected chi connectivity index (χ3v) is 5.23. The third kappa shape index (κ3) is 3.89. The summed E-state index contributed by atoms with van der Waals surface area (Å²) < 4.78 is 5.31. The van der Waals surface area contributed by atoms with Crippen molar-refractivity contribution in [1.29, 1.82) is 0 Å². The van der Waals surface area contributed by atoms with Gasteiger partial charge in [0.2, 0.25) is 11.9 Å². The molecule has 0 radical (unpaired) electrons. The maximum Gasteiger partial charge on any atom is 0.226 e. The van der Waals surface area contributed by atoms with Crippen molar-refractivity contribution in [3.8, 4) is 5.75 Å². The number of hydrogen-bond acceptors (Lipinski definition) is 5. The largest absolute Gasteiger partial charge is 0.497 e. The van der Waals surface area contributed by atoms with Crippen molar-refractivity contribution in [3.63, 3.8) is 0 Å². The number of carbonyl (C=O) groups excluding carboxylic acids is 1. The van der Waals surface area contributed by atoms with Gasteiger partial charge in [-0.05, 0) is 45.2 Å². The number of fused-ring (bicyclic) bond motifs is 1. The topological polar surface area (TPSA) is 67.4 Å².